The predicted octanol–water partition coefficient (Wildman–Crippen LogP) is 3.65. The summed E-state index contributed by atoms with van der Waals surface area (Å²) in [7, 11) is 1.59. The van der Waals surface area contributed by atoms with Crippen LogP contribution in [0.1, 0.15) is 17.7 Å². The van der Waals surface area contributed by atoms with Gasteiger partial charge in [-0.3, -0.25) is 0 Å². The van der Waals surface area contributed by atoms with Gasteiger partial charge >= 0.3 is 0 Å². The minimum atomic E-state index is 0.397. The van der Waals surface area contributed by atoms with Crippen LogP contribution in [0, 0.1) is 11.8 Å². The first-order valence-corrected chi connectivity index (χ1v) is 7.13. The lowest BCUT2D eigenvalue weighted by atomic mass is 10.2. The average Bonchev–Trinajstić information content (AvgIpc) is 2.54. The van der Waals surface area contributed by atoms with Crippen molar-refractivity contribution in [1.29, 1.82) is 0 Å². The molecule has 108 valence electrons. The van der Waals surface area contributed by atoms with E-state index in [1.165, 1.54) is 0 Å². The van der Waals surface area contributed by atoms with Crippen molar-refractivity contribution in [3.8, 4) is 23.5 Å². The highest BCUT2D eigenvalue weighted by atomic mass is 35.5. The average molecular weight is 302 g/mol. The summed E-state index contributed by atoms with van der Waals surface area (Å²) < 4.78 is 10.8. The molecule has 2 rings (SSSR count). The topological polar surface area (TPSA) is 31.4 Å². The van der Waals surface area contributed by atoms with Crippen LogP contribution in [0.5, 0.6) is 11.6 Å². The third kappa shape index (κ3) is 5.02. The van der Waals surface area contributed by atoms with Crippen molar-refractivity contribution in [1.82, 2.24) is 4.98 Å². The summed E-state index contributed by atoms with van der Waals surface area (Å²) in [6.45, 7) is 0.397. The first-order chi connectivity index (χ1) is 10.3. The fraction of sp³-hybridized carbons (Fsp3) is 0.235. The van der Waals surface area contributed by atoms with Gasteiger partial charge in [0.05, 0.1) is 12.8 Å². The number of aromatic nitrogens is 1. The molecule has 0 bridgehead atoms. The van der Waals surface area contributed by atoms with Gasteiger partial charge in [-0.2, -0.15) is 0 Å². The van der Waals surface area contributed by atoms with Crippen LogP contribution in [-0.2, 0) is 6.61 Å². The second kappa shape index (κ2) is 8.18. The maximum Gasteiger partial charge on any atom is 0.213 e. The molecule has 3 nitrogen and oxygen atoms in total. The van der Waals surface area contributed by atoms with Crippen molar-refractivity contribution in [2.24, 2.45) is 0 Å². The summed E-state index contributed by atoms with van der Waals surface area (Å²) in [5.74, 6) is 7.96. The number of alkyl halides is 1. The molecule has 1 heterocycles. The minimum absolute atomic E-state index is 0.397. The Balaban J connectivity index is 1.93. The smallest absolute Gasteiger partial charge is 0.213 e. The summed E-state index contributed by atoms with van der Waals surface area (Å²) in [6.07, 6.45) is 0.696. The van der Waals surface area contributed by atoms with Gasteiger partial charge in [0.25, 0.3) is 0 Å². The monoisotopic (exact) mass is 301 g/mol. The molecule has 0 saturated carbocycles. The maximum atomic E-state index is 5.68. The van der Waals surface area contributed by atoms with Crippen LogP contribution >= 0.6 is 11.6 Å². The van der Waals surface area contributed by atoms with E-state index in [1.54, 1.807) is 13.2 Å². The van der Waals surface area contributed by atoms with Crippen LogP contribution in [0.15, 0.2) is 42.5 Å². The summed E-state index contributed by atoms with van der Waals surface area (Å²) in [5, 5.41) is 0. The van der Waals surface area contributed by atoms with Crippen molar-refractivity contribution in [2.75, 3.05) is 13.0 Å². The summed E-state index contributed by atoms with van der Waals surface area (Å²) in [6, 6.07) is 13.2. The summed E-state index contributed by atoms with van der Waals surface area (Å²) in [5.41, 5.74) is 1.77. The molecule has 0 fully saturated rings. The molecule has 0 amide bonds. The van der Waals surface area contributed by atoms with Crippen molar-refractivity contribution in [3.05, 3.63) is 53.7 Å². The van der Waals surface area contributed by atoms with E-state index >= 15 is 0 Å². The lowest BCUT2D eigenvalue weighted by Gasteiger charge is -2.06. The van der Waals surface area contributed by atoms with Crippen molar-refractivity contribution in [2.45, 2.75) is 13.0 Å². The lowest BCUT2D eigenvalue weighted by molar-refractivity contribution is 0.298. The van der Waals surface area contributed by atoms with Crippen LogP contribution in [0.4, 0.5) is 0 Å². The fourth-order valence-corrected chi connectivity index (χ4v) is 1.75. The fourth-order valence-electron chi connectivity index (χ4n) is 1.66. The number of ether oxygens (including phenoxy) is 2. The molecule has 0 spiro atoms. The highest BCUT2D eigenvalue weighted by Gasteiger charge is 1.99. The van der Waals surface area contributed by atoms with E-state index in [0.717, 1.165) is 17.0 Å². The number of hydrogen-bond donors (Lipinski definition) is 0. The van der Waals surface area contributed by atoms with E-state index < -0.39 is 0 Å². The number of pyridine rings is 1. The zero-order valence-electron chi connectivity index (χ0n) is 11.8. The highest BCUT2D eigenvalue weighted by Crippen LogP contribution is 2.14. The Morgan fingerprint density at radius 1 is 1.14 bits per heavy atom. The van der Waals surface area contributed by atoms with Gasteiger partial charge in [0.15, 0.2) is 0 Å². The number of methoxy groups -OCH3 is 1. The predicted molar refractivity (Wildman–Crippen MR) is 83.8 cm³/mol. The van der Waals surface area contributed by atoms with Gasteiger partial charge in [-0.25, -0.2) is 4.98 Å². The third-order valence-corrected chi connectivity index (χ3v) is 2.87. The molecule has 0 aliphatic carbocycles. The Labute approximate surface area is 129 Å². The number of halogens is 1. The Morgan fingerprint density at radius 2 is 1.95 bits per heavy atom. The van der Waals surface area contributed by atoms with E-state index in [-0.39, 0.29) is 0 Å². The molecule has 0 atom stereocenters. The molecule has 21 heavy (non-hydrogen) atoms. The Bertz CT molecular complexity index is 629. The Kier molecular flexibility index (Phi) is 5.93. The largest absolute Gasteiger partial charge is 0.487 e. The normalized spacial score (nSPS) is 9.62. The molecule has 0 aliphatic heterocycles. The summed E-state index contributed by atoms with van der Waals surface area (Å²) in [4.78, 5) is 4.29. The van der Waals surface area contributed by atoms with Crippen LogP contribution in [-0.4, -0.2) is 18.0 Å². The molecule has 0 N–H and O–H groups in total. The first-order valence-electron chi connectivity index (χ1n) is 6.59. The van der Waals surface area contributed by atoms with E-state index in [2.05, 4.69) is 16.8 Å². The molecule has 0 saturated heterocycles. The molecule has 2 aromatic rings. The highest BCUT2D eigenvalue weighted by molar-refractivity contribution is 6.18. The van der Waals surface area contributed by atoms with Gasteiger partial charge in [0.1, 0.15) is 12.4 Å². The van der Waals surface area contributed by atoms with Crippen LogP contribution in [0.2, 0.25) is 0 Å². The summed E-state index contributed by atoms with van der Waals surface area (Å²) >= 11 is 5.58. The molecule has 4 heteroatoms. The van der Waals surface area contributed by atoms with E-state index in [0.29, 0.717) is 24.8 Å². The molecule has 1 aromatic carbocycles. The number of rotatable bonds is 5. The van der Waals surface area contributed by atoms with E-state index in [4.69, 9.17) is 21.1 Å². The SMILES string of the molecule is COc1cccc(COc2ccc(C#CCCCl)cc2)n1. The molecule has 0 unspecified atom stereocenters. The van der Waals surface area contributed by atoms with Crippen LogP contribution in [0.3, 0.4) is 0 Å². The maximum absolute atomic E-state index is 5.68. The lowest BCUT2D eigenvalue weighted by Crippen LogP contribution is -1.99. The Morgan fingerprint density at radius 3 is 2.67 bits per heavy atom. The van der Waals surface area contributed by atoms with Gasteiger partial charge in [0.2, 0.25) is 5.88 Å². The quantitative estimate of drug-likeness (QED) is 0.624. The number of benzene rings is 1. The van der Waals surface area contributed by atoms with Crippen molar-refractivity contribution in [3.63, 3.8) is 0 Å². The van der Waals surface area contributed by atoms with Crippen molar-refractivity contribution < 1.29 is 9.47 Å². The molecular weight excluding hydrogens is 286 g/mol. The zero-order chi connectivity index (χ0) is 14.9. The van der Waals surface area contributed by atoms with Gasteiger partial charge in [-0.15, -0.1) is 11.6 Å². The van der Waals surface area contributed by atoms with Gasteiger partial charge in [-0.1, -0.05) is 17.9 Å². The van der Waals surface area contributed by atoms with Crippen LogP contribution in [0.25, 0.3) is 0 Å². The number of hydrogen-bond acceptors (Lipinski definition) is 3. The molecule has 0 radical (unpaired) electrons. The molecule has 0 aliphatic rings. The molecule has 1 aromatic heterocycles. The third-order valence-electron chi connectivity index (χ3n) is 2.68. The second-order valence-electron chi connectivity index (χ2n) is 4.23. The van der Waals surface area contributed by atoms with Crippen LogP contribution < -0.4 is 9.47 Å². The van der Waals surface area contributed by atoms with Crippen molar-refractivity contribution >= 4 is 11.6 Å². The standard InChI is InChI=1S/C17H16ClNO2/c1-20-17-7-4-6-15(19-17)13-21-16-10-8-14(9-11-16)5-2-3-12-18/h4,6-11H,3,12-13H2,1H3. The Hall–Kier alpha value is -2.18. The second-order valence-corrected chi connectivity index (χ2v) is 4.60. The number of nitrogens with zero attached hydrogens (tertiary/aromatic N) is 1. The van der Waals surface area contributed by atoms with Gasteiger partial charge < -0.3 is 9.47 Å². The van der Waals surface area contributed by atoms with Gasteiger partial charge in [0, 0.05) is 23.9 Å². The van der Waals surface area contributed by atoms with E-state index in [9.17, 15) is 0 Å². The van der Waals surface area contributed by atoms with Gasteiger partial charge in [-0.05, 0) is 30.3 Å². The van der Waals surface area contributed by atoms with E-state index in [1.807, 2.05) is 36.4 Å². The molecular formula is C17H16ClNO2. The minimum Gasteiger partial charge on any atom is -0.487 e. The zero-order valence-corrected chi connectivity index (χ0v) is 12.6. The first kappa shape index (κ1) is 15.2.